The molecule has 1 aliphatic carbocycles. The molecule has 12 heavy (non-hydrogen) atoms. The molecule has 1 atom stereocenters. The lowest BCUT2D eigenvalue weighted by molar-refractivity contribution is -0.143. The van der Waals surface area contributed by atoms with E-state index in [4.69, 9.17) is 5.11 Å². The first-order valence-electron chi connectivity index (χ1n) is 4.98. The van der Waals surface area contributed by atoms with Gasteiger partial charge >= 0.3 is 5.97 Å². The number of carboxylic acid groups (broad SMARTS) is 1. The Labute approximate surface area is 74.0 Å². The molecule has 0 radical (unpaired) electrons. The average Bonchev–Trinajstić information content (AvgIpc) is 2.51. The van der Waals surface area contributed by atoms with E-state index in [-0.39, 0.29) is 5.92 Å². The maximum absolute atomic E-state index is 10.9. The van der Waals surface area contributed by atoms with E-state index >= 15 is 0 Å². The number of carbonyl (C=O) groups is 1. The summed E-state index contributed by atoms with van der Waals surface area (Å²) in [6.45, 7) is 2.06. The molecule has 70 valence electrons. The Kier molecular flexibility index (Phi) is 3.57. The van der Waals surface area contributed by atoms with Crippen molar-refractivity contribution in [3.63, 3.8) is 0 Å². The Morgan fingerprint density at radius 3 is 2.50 bits per heavy atom. The first-order valence-corrected chi connectivity index (χ1v) is 4.98. The van der Waals surface area contributed by atoms with E-state index in [0.29, 0.717) is 5.92 Å². The van der Waals surface area contributed by atoms with Gasteiger partial charge in [-0.2, -0.15) is 0 Å². The lowest BCUT2D eigenvalue weighted by Crippen LogP contribution is -2.21. The zero-order valence-corrected chi connectivity index (χ0v) is 7.75. The van der Waals surface area contributed by atoms with Crippen molar-refractivity contribution in [1.29, 1.82) is 0 Å². The minimum absolute atomic E-state index is 0.0579. The average molecular weight is 170 g/mol. The summed E-state index contributed by atoms with van der Waals surface area (Å²) in [6.07, 6.45) is 6.59. The summed E-state index contributed by atoms with van der Waals surface area (Å²) in [5, 5.41) is 8.96. The van der Waals surface area contributed by atoms with Gasteiger partial charge in [-0.25, -0.2) is 0 Å². The number of carboxylic acids is 1. The summed E-state index contributed by atoms with van der Waals surface area (Å²) in [4.78, 5) is 10.9. The first kappa shape index (κ1) is 9.56. The third-order valence-corrected chi connectivity index (χ3v) is 2.89. The minimum atomic E-state index is -0.580. The van der Waals surface area contributed by atoms with Crippen molar-refractivity contribution >= 4 is 5.97 Å². The van der Waals surface area contributed by atoms with Gasteiger partial charge < -0.3 is 5.11 Å². The molecule has 2 heteroatoms. The molecule has 0 spiro atoms. The van der Waals surface area contributed by atoms with Crippen molar-refractivity contribution in [2.24, 2.45) is 11.8 Å². The van der Waals surface area contributed by atoms with Gasteiger partial charge in [0.2, 0.25) is 0 Å². The Balaban J connectivity index is 2.45. The molecule has 1 saturated carbocycles. The molecule has 1 unspecified atom stereocenters. The molecule has 0 bridgehead atoms. The van der Waals surface area contributed by atoms with Crippen molar-refractivity contribution in [2.75, 3.05) is 0 Å². The topological polar surface area (TPSA) is 37.3 Å². The van der Waals surface area contributed by atoms with Crippen LogP contribution in [-0.4, -0.2) is 11.1 Å². The third kappa shape index (κ3) is 2.23. The van der Waals surface area contributed by atoms with Crippen molar-refractivity contribution in [1.82, 2.24) is 0 Å². The first-order chi connectivity index (χ1) is 5.75. The summed E-state index contributed by atoms with van der Waals surface area (Å²) in [6, 6.07) is 0. The molecule has 1 rings (SSSR count). The van der Waals surface area contributed by atoms with Crippen LogP contribution in [0.3, 0.4) is 0 Å². The molecule has 1 aliphatic rings. The molecule has 2 nitrogen and oxygen atoms in total. The van der Waals surface area contributed by atoms with Crippen LogP contribution in [0, 0.1) is 11.8 Å². The second-order valence-electron chi connectivity index (χ2n) is 3.78. The number of aliphatic carboxylic acids is 1. The van der Waals surface area contributed by atoms with E-state index in [1.807, 2.05) is 0 Å². The lowest BCUT2D eigenvalue weighted by Gasteiger charge is -2.17. The molecule has 0 amide bonds. The maximum Gasteiger partial charge on any atom is 0.306 e. The smallest absolute Gasteiger partial charge is 0.306 e. The zero-order valence-electron chi connectivity index (χ0n) is 7.75. The molecule has 0 aliphatic heterocycles. The monoisotopic (exact) mass is 170 g/mol. The quantitative estimate of drug-likeness (QED) is 0.704. The summed E-state index contributed by atoms with van der Waals surface area (Å²) >= 11 is 0. The molecule has 1 fully saturated rings. The van der Waals surface area contributed by atoms with Gasteiger partial charge in [0.1, 0.15) is 0 Å². The predicted molar refractivity (Wildman–Crippen MR) is 48.0 cm³/mol. The molecule has 0 aromatic carbocycles. The number of hydrogen-bond donors (Lipinski definition) is 1. The SMILES string of the molecule is CCCC(C(=O)O)C1CCCC1. The summed E-state index contributed by atoms with van der Waals surface area (Å²) in [5.74, 6) is -0.163. The van der Waals surface area contributed by atoms with Gasteiger partial charge in [0.25, 0.3) is 0 Å². The predicted octanol–water partition coefficient (Wildman–Crippen LogP) is 2.68. The van der Waals surface area contributed by atoms with Gasteiger partial charge in [0.05, 0.1) is 5.92 Å². The molecule has 0 aromatic heterocycles. The zero-order chi connectivity index (χ0) is 8.97. The number of hydrogen-bond acceptors (Lipinski definition) is 1. The van der Waals surface area contributed by atoms with Crippen LogP contribution in [0.5, 0.6) is 0 Å². The largest absolute Gasteiger partial charge is 0.481 e. The molecule has 0 aromatic rings. The summed E-state index contributed by atoms with van der Waals surface area (Å²) < 4.78 is 0. The molecule has 1 N–H and O–H groups in total. The third-order valence-electron chi connectivity index (χ3n) is 2.89. The summed E-state index contributed by atoms with van der Waals surface area (Å²) in [5.41, 5.74) is 0. The summed E-state index contributed by atoms with van der Waals surface area (Å²) in [7, 11) is 0. The lowest BCUT2D eigenvalue weighted by atomic mass is 9.87. The van der Waals surface area contributed by atoms with Gasteiger partial charge in [-0.3, -0.25) is 4.79 Å². The van der Waals surface area contributed by atoms with E-state index in [9.17, 15) is 4.79 Å². The van der Waals surface area contributed by atoms with Crippen LogP contribution in [0.25, 0.3) is 0 Å². The molecular weight excluding hydrogens is 152 g/mol. The fourth-order valence-electron chi connectivity index (χ4n) is 2.23. The van der Waals surface area contributed by atoms with Crippen molar-refractivity contribution < 1.29 is 9.90 Å². The molecule has 0 saturated heterocycles. The Hall–Kier alpha value is -0.530. The van der Waals surface area contributed by atoms with Crippen molar-refractivity contribution in [2.45, 2.75) is 45.4 Å². The van der Waals surface area contributed by atoms with Crippen LogP contribution in [0.15, 0.2) is 0 Å². The second-order valence-corrected chi connectivity index (χ2v) is 3.78. The van der Waals surface area contributed by atoms with Gasteiger partial charge in [0.15, 0.2) is 0 Å². The van der Waals surface area contributed by atoms with Gasteiger partial charge in [-0.05, 0) is 25.2 Å². The van der Waals surface area contributed by atoms with Crippen LogP contribution in [-0.2, 0) is 4.79 Å². The second kappa shape index (κ2) is 4.48. The Morgan fingerprint density at radius 2 is 2.08 bits per heavy atom. The van der Waals surface area contributed by atoms with Crippen LogP contribution >= 0.6 is 0 Å². The van der Waals surface area contributed by atoms with Crippen molar-refractivity contribution in [3.8, 4) is 0 Å². The highest BCUT2D eigenvalue weighted by Crippen LogP contribution is 2.33. The van der Waals surface area contributed by atoms with Crippen LogP contribution in [0.4, 0.5) is 0 Å². The maximum atomic E-state index is 10.9. The van der Waals surface area contributed by atoms with E-state index < -0.39 is 5.97 Å². The van der Waals surface area contributed by atoms with Crippen LogP contribution in [0.1, 0.15) is 45.4 Å². The van der Waals surface area contributed by atoms with E-state index in [0.717, 1.165) is 25.7 Å². The van der Waals surface area contributed by atoms with E-state index in [1.54, 1.807) is 0 Å². The van der Waals surface area contributed by atoms with Crippen molar-refractivity contribution in [3.05, 3.63) is 0 Å². The highest BCUT2D eigenvalue weighted by Gasteiger charge is 2.29. The highest BCUT2D eigenvalue weighted by molar-refractivity contribution is 5.70. The van der Waals surface area contributed by atoms with Crippen LogP contribution < -0.4 is 0 Å². The van der Waals surface area contributed by atoms with Gasteiger partial charge in [-0.15, -0.1) is 0 Å². The highest BCUT2D eigenvalue weighted by atomic mass is 16.4. The molecular formula is C10H18O2. The van der Waals surface area contributed by atoms with Crippen LogP contribution in [0.2, 0.25) is 0 Å². The molecule has 0 heterocycles. The number of rotatable bonds is 4. The van der Waals surface area contributed by atoms with Gasteiger partial charge in [0, 0.05) is 0 Å². The standard InChI is InChI=1S/C10H18O2/c1-2-5-9(10(11)12)8-6-3-4-7-8/h8-9H,2-7H2,1H3,(H,11,12). The van der Waals surface area contributed by atoms with Gasteiger partial charge in [-0.1, -0.05) is 26.2 Å². The Bertz CT molecular complexity index is 148. The minimum Gasteiger partial charge on any atom is -0.481 e. The fourth-order valence-corrected chi connectivity index (χ4v) is 2.23. The normalized spacial score (nSPS) is 21.1. The Morgan fingerprint density at radius 1 is 1.50 bits per heavy atom. The van der Waals surface area contributed by atoms with E-state index in [1.165, 1.54) is 12.8 Å². The van der Waals surface area contributed by atoms with E-state index in [2.05, 4.69) is 6.92 Å². The fraction of sp³-hybridized carbons (Fsp3) is 0.900.